The van der Waals surface area contributed by atoms with Gasteiger partial charge in [-0.3, -0.25) is 0 Å². The Morgan fingerprint density at radius 3 is 2.13 bits per heavy atom. The van der Waals surface area contributed by atoms with Gasteiger partial charge in [0, 0.05) is 5.39 Å². The van der Waals surface area contributed by atoms with Gasteiger partial charge in [-0.05, 0) is 45.8 Å². The molecule has 2 aromatic heterocycles. The van der Waals surface area contributed by atoms with Crippen LogP contribution in [0.15, 0.2) is 92.5 Å². The molecule has 6 nitrogen and oxygen atoms in total. The maximum atomic E-state index is 12.6. The quantitative estimate of drug-likeness (QED) is 0.301. The fourth-order valence-corrected chi connectivity index (χ4v) is 3.86. The smallest absolute Gasteiger partial charge is 0.349 e. The Morgan fingerprint density at radius 1 is 0.645 bits per heavy atom. The van der Waals surface area contributed by atoms with Crippen LogP contribution in [-0.2, 0) is 0 Å². The summed E-state index contributed by atoms with van der Waals surface area (Å²) in [6, 6.07) is 24.3. The summed E-state index contributed by atoms with van der Waals surface area (Å²) in [4.78, 5) is 12.6. The van der Waals surface area contributed by atoms with E-state index in [1.807, 2.05) is 54.6 Å². The average molecular weight is 406 g/mol. The van der Waals surface area contributed by atoms with E-state index in [2.05, 4.69) is 10.2 Å². The van der Waals surface area contributed by atoms with Crippen LogP contribution >= 0.6 is 0 Å². The van der Waals surface area contributed by atoms with E-state index in [0.717, 1.165) is 26.9 Å². The number of hydrogen-bond acceptors (Lipinski definition) is 6. The topological polar surface area (TPSA) is 89.4 Å². The lowest BCUT2D eigenvalue weighted by Crippen LogP contribution is -2.03. The van der Waals surface area contributed by atoms with Gasteiger partial charge >= 0.3 is 5.63 Å². The molecule has 0 aliphatic rings. The second kappa shape index (κ2) is 6.53. The summed E-state index contributed by atoms with van der Waals surface area (Å²) in [6.07, 6.45) is 0. The molecule has 0 spiro atoms. The molecule has 0 atom stereocenters. The fraction of sp³-hybridized carbons (Fsp3) is 0. The molecule has 2 heterocycles. The molecule has 6 aromatic rings. The van der Waals surface area contributed by atoms with E-state index in [0.29, 0.717) is 11.1 Å². The van der Waals surface area contributed by atoms with E-state index < -0.39 is 5.63 Å². The second-order valence-corrected chi connectivity index (χ2v) is 7.27. The number of nitrogens with zero attached hydrogens (tertiary/aromatic N) is 2. The molecule has 0 radical (unpaired) electrons. The molecule has 6 heteroatoms. The van der Waals surface area contributed by atoms with E-state index >= 15 is 0 Å². The molecule has 148 valence electrons. The predicted molar refractivity (Wildman–Crippen MR) is 118 cm³/mol. The zero-order chi connectivity index (χ0) is 20.9. The third-order valence-corrected chi connectivity index (χ3v) is 5.39. The summed E-state index contributed by atoms with van der Waals surface area (Å²) in [6.45, 7) is 0. The number of hydrogen-bond donors (Lipinski definition) is 1. The van der Waals surface area contributed by atoms with Gasteiger partial charge in [-0.2, -0.15) is 0 Å². The van der Waals surface area contributed by atoms with Crippen LogP contribution in [0.2, 0.25) is 0 Å². The van der Waals surface area contributed by atoms with Gasteiger partial charge in [-0.15, -0.1) is 10.2 Å². The summed E-state index contributed by atoms with van der Waals surface area (Å²) < 4.78 is 11.3. The lowest BCUT2D eigenvalue weighted by atomic mass is 10.0. The maximum absolute atomic E-state index is 12.6. The second-order valence-electron chi connectivity index (χ2n) is 7.27. The summed E-state index contributed by atoms with van der Waals surface area (Å²) in [5.74, 6) is 0.173. The summed E-state index contributed by atoms with van der Waals surface area (Å²) in [5.41, 5.74) is 0.482. The Morgan fingerprint density at radius 2 is 1.32 bits per heavy atom. The maximum Gasteiger partial charge on any atom is 0.349 e. The highest BCUT2D eigenvalue weighted by Gasteiger charge is 2.19. The van der Waals surface area contributed by atoms with Crippen LogP contribution in [0.3, 0.4) is 0 Å². The first-order valence-electron chi connectivity index (χ1n) is 9.69. The van der Waals surface area contributed by atoms with Crippen LogP contribution in [0.25, 0.3) is 55.4 Å². The molecule has 4 aromatic carbocycles. The summed E-state index contributed by atoms with van der Waals surface area (Å²) >= 11 is 0. The van der Waals surface area contributed by atoms with Gasteiger partial charge in [0.15, 0.2) is 0 Å². The molecular weight excluding hydrogens is 392 g/mol. The van der Waals surface area contributed by atoms with Crippen LogP contribution < -0.4 is 5.63 Å². The highest BCUT2D eigenvalue weighted by atomic mass is 16.4. The Balaban J connectivity index is 1.52. The van der Waals surface area contributed by atoms with Crippen molar-refractivity contribution in [2.45, 2.75) is 0 Å². The van der Waals surface area contributed by atoms with Gasteiger partial charge in [-0.25, -0.2) is 4.79 Å². The van der Waals surface area contributed by atoms with Gasteiger partial charge in [0.25, 0.3) is 11.8 Å². The highest BCUT2D eigenvalue weighted by Crippen LogP contribution is 2.34. The zero-order valence-corrected chi connectivity index (χ0v) is 16.1. The number of rotatable bonds is 2. The molecule has 0 amide bonds. The first kappa shape index (κ1) is 17.4. The van der Waals surface area contributed by atoms with Gasteiger partial charge in [0.1, 0.15) is 16.9 Å². The van der Waals surface area contributed by atoms with E-state index in [1.165, 1.54) is 0 Å². The fourth-order valence-electron chi connectivity index (χ4n) is 3.86. The molecule has 0 fully saturated rings. The van der Waals surface area contributed by atoms with Crippen LogP contribution in [0.1, 0.15) is 0 Å². The van der Waals surface area contributed by atoms with Crippen molar-refractivity contribution in [3.05, 3.63) is 89.3 Å². The third-order valence-electron chi connectivity index (χ3n) is 5.39. The molecule has 0 bridgehead atoms. The predicted octanol–water partition coefficient (Wildman–Crippen LogP) is 5.52. The van der Waals surface area contributed by atoms with Crippen molar-refractivity contribution in [1.29, 1.82) is 0 Å². The monoisotopic (exact) mass is 406 g/mol. The Labute approximate surface area is 175 Å². The SMILES string of the molecule is O=c1oc2ccc3ccccc3c2cc1-c1nnc(-c2cc3ccccc3cc2O)o1. The summed E-state index contributed by atoms with van der Waals surface area (Å²) in [7, 11) is 0. The molecule has 6 rings (SSSR count). The van der Waals surface area contributed by atoms with Crippen LogP contribution in [0.4, 0.5) is 0 Å². The van der Waals surface area contributed by atoms with E-state index in [-0.39, 0.29) is 23.1 Å². The zero-order valence-electron chi connectivity index (χ0n) is 16.1. The van der Waals surface area contributed by atoms with Gasteiger partial charge in [0.05, 0.1) is 5.56 Å². The molecule has 31 heavy (non-hydrogen) atoms. The number of benzene rings is 4. The van der Waals surface area contributed by atoms with Crippen molar-refractivity contribution in [2.24, 2.45) is 0 Å². The standard InChI is InChI=1S/C25H14N2O4/c28-21-12-16-7-2-1-6-15(16)11-19(21)23-26-27-24(31-23)20-13-18-17-8-4-3-5-14(17)9-10-22(18)30-25(20)29/h1-13,28H. The van der Waals surface area contributed by atoms with E-state index in [9.17, 15) is 9.90 Å². The van der Waals surface area contributed by atoms with Crippen LogP contribution in [-0.4, -0.2) is 15.3 Å². The minimum Gasteiger partial charge on any atom is -0.507 e. The first-order valence-corrected chi connectivity index (χ1v) is 9.69. The van der Waals surface area contributed by atoms with Crippen molar-refractivity contribution in [3.8, 4) is 28.7 Å². The molecular formula is C25H14N2O4. The van der Waals surface area contributed by atoms with Crippen molar-refractivity contribution >= 4 is 32.5 Å². The van der Waals surface area contributed by atoms with Crippen molar-refractivity contribution < 1.29 is 13.9 Å². The highest BCUT2D eigenvalue weighted by molar-refractivity contribution is 6.06. The van der Waals surface area contributed by atoms with Crippen molar-refractivity contribution in [1.82, 2.24) is 10.2 Å². The van der Waals surface area contributed by atoms with Crippen LogP contribution in [0, 0.1) is 0 Å². The Bertz CT molecular complexity index is 1680. The number of fused-ring (bicyclic) bond motifs is 4. The molecule has 0 aliphatic carbocycles. The molecule has 0 saturated carbocycles. The number of phenolic OH excluding ortho intramolecular Hbond substituents is 1. The minimum atomic E-state index is -0.569. The lowest BCUT2D eigenvalue weighted by Gasteiger charge is -2.04. The molecule has 0 saturated heterocycles. The van der Waals surface area contributed by atoms with E-state index in [1.54, 1.807) is 24.3 Å². The first-order chi connectivity index (χ1) is 15.2. The summed E-state index contributed by atoms with van der Waals surface area (Å²) in [5, 5.41) is 23.1. The average Bonchev–Trinajstić information content (AvgIpc) is 3.27. The Kier molecular flexibility index (Phi) is 3.67. The number of aromatic nitrogens is 2. The Hall–Kier alpha value is -4.45. The van der Waals surface area contributed by atoms with Gasteiger partial charge < -0.3 is 13.9 Å². The van der Waals surface area contributed by atoms with Gasteiger partial charge in [-0.1, -0.05) is 54.6 Å². The largest absolute Gasteiger partial charge is 0.507 e. The number of phenols is 1. The van der Waals surface area contributed by atoms with Crippen LogP contribution in [0.5, 0.6) is 5.75 Å². The lowest BCUT2D eigenvalue weighted by molar-refractivity contribution is 0.474. The normalized spacial score (nSPS) is 11.5. The van der Waals surface area contributed by atoms with Gasteiger partial charge in [0.2, 0.25) is 0 Å². The van der Waals surface area contributed by atoms with Crippen molar-refractivity contribution in [3.63, 3.8) is 0 Å². The molecule has 0 aliphatic heterocycles. The molecule has 0 unspecified atom stereocenters. The van der Waals surface area contributed by atoms with E-state index in [4.69, 9.17) is 8.83 Å². The number of aromatic hydroxyl groups is 1. The molecule has 1 N–H and O–H groups in total. The third kappa shape index (κ3) is 2.77. The minimum absolute atomic E-state index is 0.0189. The van der Waals surface area contributed by atoms with Crippen molar-refractivity contribution in [2.75, 3.05) is 0 Å².